The Morgan fingerprint density at radius 1 is 1.25 bits per heavy atom. The molecule has 1 unspecified atom stereocenters. The van der Waals surface area contributed by atoms with Crippen molar-refractivity contribution >= 4 is 11.8 Å². The predicted molar refractivity (Wildman–Crippen MR) is 88.1 cm³/mol. The van der Waals surface area contributed by atoms with Crippen LogP contribution in [-0.4, -0.2) is 62.5 Å². The van der Waals surface area contributed by atoms with Crippen molar-refractivity contribution in [3.63, 3.8) is 0 Å². The number of ether oxygens (including phenoxy) is 1. The average Bonchev–Trinajstić information content (AvgIpc) is 3.27. The molecule has 0 saturated carbocycles. The molecule has 3 saturated heterocycles. The van der Waals surface area contributed by atoms with Gasteiger partial charge in [0.1, 0.15) is 17.7 Å². The number of anilines is 1. The van der Waals surface area contributed by atoms with Crippen LogP contribution < -0.4 is 5.32 Å². The van der Waals surface area contributed by atoms with Crippen LogP contribution in [0.2, 0.25) is 0 Å². The second-order valence-electron chi connectivity index (χ2n) is 6.68. The van der Waals surface area contributed by atoms with Gasteiger partial charge >= 0.3 is 0 Å². The fourth-order valence-electron chi connectivity index (χ4n) is 4.00. The largest absolute Gasteiger partial charge is 0.455 e. The number of fused-ring (bicyclic) bond motifs is 2. The van der Waals surface area contributed by atoms with E-state index in [0.717, 1.165) is 13.1 Å². The van der Waals surface area contributed by atoms with Crippen LogP contribution in [0.15, 0.2) is 35.8 Å². The molecule has 6 rings (SSSR count). The number of hydrogen-bond acceptors (Lipinski definition) is 7. The first-order valence-corrected chi connectivity index (χ1v) is 8.36. The summed E-state index contributed by atoms with van der Waals surface area (Å²) >= 11 is 0. The highest BCUT2D eigenvalue weighted by Crippen LogP contribution is 2.40. The van der Waals surface area contributed by atoms with Gasteiger partial charge in [-0.3, -0.25) is 10.2 Å². The van der Waals surface area contributed by atoms with Crippen LogP contribution in [0.3, 0.4) is 0 Å². The molecule has 2 aromatic rings. The van der Waals surface area contributed by atoms with Gasteiger partial charge in [-0.25, -0.2) is 19.6 Å². The Morgan fingerprint density at radius 2 is 2.17 bits per heavy atom. The highest BCUT2D eigenvalue weighted by atomic mass is 16.5. The molecular formula is C16H19N7O. The summed E-state index contributed by atoms with van der Waals surface area (Å²) in [6.07, 6.45) is 7.49. The summed E-state index contributed by atoms with van der Waals surface area (Å²) in [7, 11) is 0. The van der Waals surface area contributed by atoms with Crippen LogP contribution in [0.1, 0.15) is 12.8 Å². The zero-order valence-corrected chi connectivity index (χ0v) is 13.3. The second kappa shape index (κ2) is 5.27. The maximum absolute atomic E-state index is 6.27. The molecule has 124 valence electrons. The van der Waals surface area contributed by atoms with Gasteiger partial charge in [0.2, 0.25) is 0 Å². The van der Waals surface area contributed by atoms with E-state index in [2.05, 4.69) is 30.3 Å². The lowest BCUT2D eigenvalue weighted by atomic mass is 9.75. The highest BCUT2D eigenvalue weighted by Gasteiger charge is 2.51. The zero-order chi connectivity index (χ0) is 16.0. The molecule has 24 heavy (non-hydrogen) atoms. The van der Waals surface area contributed by atoms with Crippen LogP contribution >= 0.6 is 0 Å². The first-order chi connectivity index (χ1) is 11.8. The van der Waals surface area contributed by atoms with Gasteiger partial charge in [-0.1, -0.05) is 0 Å². The Labute approximate surface area is 139 Å². The minimum atomic E-state index is -0.142. The fraction of sp³-hybridized carbons (Fsp3) is 0.500. The monoisotopic (exact) mass is 325 g/mol. The molecule has 1 atom stereocenters. The van der Waals surface area contributed by atoms with E-state index in [-0.39, 0.29) is 5.60 Å². The molecule has 8 heteroatoms. The summed E-state index contributed by atoms with van der Waals surface area (Å²) in [5.74, 6) is 1.97. The van der Waals surface area contributed by atoms with E-state index < -0.39 is 0 Å². The summed E-state index contributed by atoms with van der Waals surface area (Å²) < 4.78 is 7.97. The van der Waals surface area contributed by atoms with Crippen LogP contribution in [0, 0.1) is 5.92 Å². The third kappa shape index (κ3) is 2.25. The van der Waals surface area contributed by atoms with Gasteiger partial charge in [0.05, 0.1) is 6.54 Å². The summed E-state index contributed by atoms with van der Waals surface area (Å²) in [6, 6.07) is 4.26. The van der Waals surface area contributed by atoms with Crippen molar-refractivity contribution in [2.45, 2.75) is 18.4 Å². The third-order valence-corrected chi connectivity index (χ3v) is 5.24. The van der Waals surface area contributed by atoms with E-state index in [9.17, 15) is 0 Å². The quantitative estimate of drug-likeness (QED) is 0.884. The number of nitrogens with zero attached hydrogens (tertiary/aromatic N) is 6. The molecule has 2 aromatic heterocycles. The molecule has 1 spiro atoms. The number of piperidine rings is 3. The average molecular weight is 325 g/mol. The van der Waals surface area contributed by atoms with E-state index in [1.165, 1.54) is 32.3 Å². The number of aromatic nitrogens is 4. The highest BCUT2D eigenvalue weighted by molar-refractivity contribution is 5.89. The van der Waals surface area contributed by atoms with Gasteiger partial charge in [-0.15, -0.1) is 0 Å². The zero-order valence-electron chi connectivity index (χ0n) is 13.3. The first kappa shape index (κ1) is 13.9. The second-order valence-corrected chi connectivity index (χ2v) is 6.68. The third-order valence-electron chi connectivity index (χ3n) is 5.24. The molecule has 0 aromatic carbocycles. The minimum Gasteiger partial charge on any atom is -0.455 e. The predicted octanol–water partition coefficient (Wildman–Crippen LogP) is 0.925. The molecular weight excluding hydrogens is 306 g/mol. The summed E-state index contributed by atoms with van der Waals surface area (Å²) in [5.41, 5.74) is -0.142. The van der Waals surface area contributed by atoms with E-state index in [1.54, 1.807) is 10.9 Å². The Morgan fingerprint density at radius 3 is 2.92 bits per heavy atom. The fourth-order valence-corrected chi connectivity index (χ4v) is 4.00. The van der Waals surface area contributed by atoms with Crippen molar-refractivity contribution in [3.8, 4) is 5.82 Å². The number of hydrogen-bond donors (Lipinski definition) is 1. The number of nitrogens with one attached hydrogen (secondary N) is 1. The van der Waals surface area contributed by atoms with Crippen LogP contribution in [0.5, 0.6) is 0 Å². The minimum absolute atomic E-state index is 0.142. The van der Waals surface area contributed by atoms with Crippen molar-refractivity contribution in [2.24, 2.45) is 10.9 Å². The molecule has 3 fully saturated rings. The Bertz CT molecular complexity index is 766. The topological polar surface area (TPSA) is 80.5 Å². The molecule has 6 heterocycles. The lowest BCUT2D eigenvalue weighted by Gasteiger charge is -2.50. The Kier molecular flexibility index (Phi) is 3.05. The normalized spacial score (nSPS) is 31.1. The maximum Gasteiger partial charge on any atom is 0.291 e. The summed E-state index contributed by atoms with van der Waals surface area (Å²) in [5, 5.41) is 7.38. The molecule has 4 aliphatic rings. The van der Waals surface area contributed by atoms with Gasteiger partial charge in [-0.05, 0) is 32.0 Å². The Hall–Kier alpha value is -2.48. The molecule has 0 amide bonds. The molecule has 2 bridgehead atoms. The van der Waals surface area contributed by atoms with Crippen molar-refractivity contribution in [1.29, 1.82) is 0 Å². The first-order valence-electron chi connectivity index (χ1n) is 8.36. The summed E-state index contributed by atoms with van der Waals surface area (Å²) in [4.78, 5) is 15.6. The van der Waals surface area contributed by atoms with Gasteiger partial charge in [0, 0.05) is 30.9 Å². The van der Waals surface area contributed by atoms with Gasteiger partial charge < -0.3 is 4.74 Å². The molecule has 0 radical (unpaired) electrons. The van der Waals surface area contributed by atoms with Crippen LogP contribution in [0.4, 0.5) is 5.82 Å². The SMILES string of the molecule is c1cnn(-c2cc(NC3=NCC4(CN5CCC4CC5)O3)ncn2)c1. The van der Waals surface area contributed by atoms with Gasteiger partial charge in [0.15, 0.2) is 5.82 Å². The van der Waals surface area contributed by atoms with Gasteiger partial charge in [-0.2, -0.15) is 5.10 Å². The lowest BCUT2D eigenvalue weighted by Crippen LogP contribution is -2.61. The van der Waals surface area contributed by atoms with E-state index >= 15 is 0 Å². The van der Waals surface area contributed by atoms with Gasteiger partial charge in [0.25, 0.3) is 6.02 Å². The van der Waals surface area contributed by atoms with E-state index in [1.807, 2.05) is 18.3 Å². The number of rotatable bonds is 2. The van der Waals surface area contributed by atoms with Crippen molar-refractivity contribution in [3.05, 3.63) is 30.9 Å². The molecule has 0 aliphatic carbocycles. The molecule has 8 nitrogen and oxygen atoms in total. The van der Waals surface area contributed by atoms with E-state index in [4.69, 9.17) is 4.74 Å². The van der Waals surface area contributed by atoms with Crippen molar-refractivity contribution in [2.75, 3.05) is 31.5 Å². The standard InChI is InChI=1S/C16H19N7O/c1-4-20-23(5-1)14-8-13(18-11-19-14)21-15-17-9-16(24-15)10-22-6-2-12(16)3-7-22/h1,4-5,8,11-12H,2-3,6-7,9-10H2,(H,17,18,19,21). The number of amidine groups is 1. The Balaban J connectivity index is 1.32. The van der Waals surface area contributed by atoms with Crippen LogP contribution in [-0.2, 0) is 4.74 Å². The molecule has 4 aliphatic heterocycles. The van der Waals surface area contributed by atoms with Crippen LogP contribution in [0.25, 0.3) is 5.82 Å². The summed E-state index contributed by atoms with van der Waals surface area (Å²) in [6.45, 7) is 4.09. The molecule has 1 N–H and O–H groups in total. The maximum atomic E-state index is 6.27. The van der Waals surface area contributed by atoms with Crippen molar-refractivity contribution < 1.29 is 4.74 Å². The lowest BCUT2D eigenvalue weighted by molar-refractivity contribution is -0.0829. The smallest absolute Gasteiger partial charge is 0.291 e. The van der Waals surface area contributed by atoms with Crippen molar-refractivity contribution in [1.82, 2.24) is 24.6 Å². The van der Waals surface area contributed by atoms with E-state index in [0.29, 0.717) is 23.6 Å². The number of aliphatic imine (C=N–C) groups is 1.